The Bertz CT molecular complexity index is 830. The molecule has 0 aliphatic carbocycles. The molecule has 2 aromatic rings. The molecule has 0 aliphatic heterocycles. The summed E-state index contributed by atoms with van der Waals surface area (Å²) in [4.78, 5) is 10.3. The summed E-state index contributed by atoms with van der Waals surface area (Å²) in [5.41, 5.74) is -0.0327. The predicted octanol–water partition coefficient (Wildman–Crippen LogP) is 3.70. The SMILES string of the molecule is CC(=O)c1cc(Br)ccc1OS(=O)(=O)c1c(F)cccc1F. The van der Waals surface area contributed by atoms with Gasteiger partial charge in [0.05, 0.1) is 5.56 Å². The van der Waals surface area contributed by atoms with Crippen LogP contribution in [0.25, 0.3) is 0 Å². The lowest BCUT2D eigenvalue weighted by Crippen LogP contribution is -2.15. The Labute approximate surface area is 134 Å². The zero-order chi connectivity index (χ0) is 16.5. The van der Waals surface area contributed by atoms with Gasteiger partial charge in [-0.1, -0.05) is 22.0 Å². The van der Waals surface area contributed by atoms with Gasteiger partial charge in [0.2, 0.25) is 0 Å². The van der Waals surface area contributed by atoms with Crippen molar-refractivity contribution < 1.29 is 26.2 Å². The molecule has 0 aromatic heterocycles. The number of hydrogen-bond donors (Lipinski definition) is 0. The van der Waals surface area contributed by atoms with Crippen LogP contribution in [0.15, 0.2) is 45.8 Å². The molecule has 0 N–H and O–H groups in total. The number of halogens is 3. The summed E-state index contributed by atoms with van der Waals surface area (Å²) in [6.45, 7) is 1.21. The van der Waals surface area contributed by atoms with Gasteiger partial charge in [-0.3, -0.25) is 4.79 Å². The zero-order valence-electron chi connectivity index (χ0n) is 11.1. The Morgan fingerprint density at radius 1 is 1.14 bits per heavy atom. The largest absolute Gasteiger partial charge is 0.378 e. The van der Waals surface area contributed by atoms with Gasteiger partial charge in [-0.05, 0) is 37.3 Å². The molecule has 0 unspecified atom stereocenters. The van der Waals surface area contributed by atoms with Crippen molar-refractivity contribution in [2.45, 2.75) is 11.8 Å². The average molecular weight is 391 g/mol. The van der Waals surface area contributed by atoms with E-state index in [4.69, 9.17) is 4.18 Å². The van der Waals surface area contributed by atoms with Gasteiger partial charge in [-0.25, -0.2) is 8.78 Å². The molecule has 0 atom stereocenters. The standard InChI is InChI=1S/C14H9BrF2O4S/c1-8(18)10-7-9(15)5-6-13(10)21-22(19,20)14-11(16)3-2-4-12(14)17/h2-7H,1H3. The number of Topliss-reactive ketones (excluding diaryl/α,β-unsaturated/α-hetero) is 1. The van der Waals surface area contributed by atoms with E-state index in [1.807, 2.05) is 0 Å². The predicted molar refractivity (Wildman–Crippen MR) is 78.3 cm³/mol. The fourth-order valence-electron chi connectivity index (χ4n) is 1.73. The molecule has 0 spiro atoms. The second-order valence-corrected chi connectivity index (χ2v) is 6.68. The Kier molecular flexibility index (Phi) is 4.62. The number of carbonyl (C=O) groups is 1. The molecule has 0 radical (unpaired) electrons. The first-order valence-corrected chi connectivity index (χ1v) is 8.11. The normalized spacial score (nSPS) is 11.3. The molecule has 0 fully saturated rings. The van der Waals surface area contributed by atoms with Crippen LogP contribution in [0.4, 0.5) is 8.78 Å². The molecular weight excluding hydrogens is 382 g/mol. The van der Waals surface area contributed by atoms with Gasteiger partial charge in [0.15, 0.2) is 16.4 Å². The van der Waals surface area contributed by atoms with E-state index in [1.54, 1.807) is 0 Å². The molecule has 2 aromatic carbocycles. The average Bonchev–Trinajstić information content (AvgIpc) is 2.39. The van der Waals surface area contributed by atoms with Crippen molar-refractivity contribution in [1.82, 2.24) is 0 Å². The summed E-state index contributed by atoms with van der Waals surface area (Å²) >= 11 is 3.14. The molecule has 0 saturated heterocycles. The lowest BCUT2D eigenvalue weighted by molar-refractivity contribution is 0.101. The van der Waals surface area contributed by atoms with E-state index in [0.717, 1.165) is 18.2 Å². The second-order valence-electron chi connectivity index (χ2n) is 4.28. The third-order valence-electron chi connectivity index (χ3n) is 2.69. The van der Waals surface area contributed by atoms with Crippen LogP contribution in [0.5, 0.6) is 5.75 Å². The maximum absolute atomic E-state index is 13.6. The Morgan fingerprint density at radius 2 is 1.73 bits per heavy atom. The topological polar surface area (TPSA) is 60.4 Å². The molecule has 4 nitrogen and oxygen atoms in total. The molecule has 2 rings (SSSR count). The van der Waals surface area contributed by atoms with Gasteiger partial charge < -0.3 is 4.18 Å². The summed E-state index contributed by atoms with van der Waals surface area (Å²) < 4.78 is 56.6. The van der Waals surface area contributed by atoms with Crippen LogP contribution >= 0.6 is 15.9 Å². The molecule has 116 valence electrons. The monoisotopic (exact) mass is 390 g/mol. The zero-order valence-corrected chi connectivity index (χ0v) is 13.5. The summed E-state index contributed by atoms with van der Waals surface area (Å²) in [6, 6.07) is 6.64. The van der Waals surface area contributed by atoms with E-state index in [9.17, 15) is 22.0 Å². The molecule has 0 aliphatic rings. The number of ketones is 1. The minimum absolute atomic E-state index is 0.0327. The first-order valence-electron chi connectivity index (χ1n) is 5.91. The van der Waals surface area contributed by atoms with Gasteiger partial charge in [0.1, 0.15) is 11.6 Å². The summed E-state index contributed by atoms with van der Waals surface area (Å²) in [6.07, 6.45) is 0. The number of rotatable bonds is 4. The number of carbonyl (C=O) groups excluding carboxylic acids is 1. The summed E-state index contributed by atoms with van der Waals surface area (Å²) in [5.74, 6) is -3.32. The minimum Gasteiger partial charge on any atom is -0.378 e. The van der Waals surface area contributed by atoms with E-state index >= 15 is 0 Å². The maximum atomic E-state index is 13.6. The lowest BCUT2D eigenvalue weighted by atomic mass is 10.1. The van der Waals surface area contributed by atoms with Crippen LogP contribution in [0.1, 0.15) is 17.3 Å². The molecule has 0 heterocycles. The van der Waals surface area contributed by atoms with Crippen LogP contribution in [-0.4, -0.2) is 14.2 Å². The van der Waals surface area contributed by atoms with Crippen molar-refractivity contribution in [3.05, 3.63) is 58.1 Å². The van der Waals surface area contributed by atoms with Crippen LogP contribution in [0.2, 0.25) is 0 Å². The first-order chi connectivity index (χ1) is 10.2. The number of benzene rings is 2. The van der Waals surface area contributed by atoms with Crippen molar-refractivity contribution in [2.75, 3.05) is 0 Å². The Hall–Kier alpha value is -1.80. The minimum atomic E-state index is -4.76. The molecule has 0 amide bonds. The van der Waals surface area contributed by atoms with Crippen LogP contribution in [-0.2, 0) is 10.1 Å². The van der Waals surface area contributed by atoms with Crippen LogP contribution in [0.3, 0.4) is 0 Å². The Morgan fingerprint density at radius 3 is 2.27 bits per heavy atom. The smallest absolute Gasteiger partial charge is 0.345 e. The fraction of sp³-hybridized carbons (Fsp3) is 0.0714. The van der Waals surface area contributed by atoms with Gasteiger partial charge >= 0.3 is 10.1 Å². The van der Waals surface area contributed by atoms with Gasteiger partial charge in [0, 0.05) is 4.47 Å². The van der Waals surface area contributed by atoms with Crippen molar-refractivity contribution in [3.8, 4) is 5.75 Å². The highest BCUT2D eigenvalue weighted by atomic mass is 79.9. The molecular formula is C14H9BrF2O4S. The summed E-state index contributed by atoms with van der Waals surface area (Å²) in [7, 11) is -4.76. The van der Waals surface area contributed by atoms with Crippen molar-refractivity contribution in [1.29, 1.82) is 0 Å². The van der Waals surface area contributed by atoms with E-state index in [1.165, 1.54) is 25.1 Å². The fourth-order valence-corrected chi connectivity index (χ4v) is 3.17. The van der Waals surface area contributed by atoms with Gasteiger partial charge in [-0.2, -0.15) is 8.42 Å². The molecule has 0 saturated carbocycles. The van der Waals surface area contributed by atoms with Crippen LogP contribution < -0.4 is 4.18 Å². The molecule has 8 heteroatoms. The second kappa shape index (κ2) is 6.13. The number of hydrogen-bond acceptors (Lipinski definition) is 4. The van der Waals surface area contributed by atoms with E-state index in [0.29, 0.717) is 4.47 Å². The highest BCUT2D eigenvalue weighted by molar-refractivity contribution is 9.10. The lowest BCUT2D eigenvalue weighted by Gasteiger charge is -2.11. The van der Waals surface area contributed by atoms with Crippen molar-refractivity contribution in [3.63, 3.8) is 0 Å². The maximum Gasteiger partial charge on any atom is 0.345 e. The molecule has 22 heavy (non-hydrogen) atoms. The third kappa shape index (κ3) is 3.33. The van der Waals surface area contributed by atoms with E-state index in [2.05, 4.69) is 15.9 Å². The third-order valence-corrected chi connectivity index (χ3v) is 4.47. The van der Waals surface area contributed by atoms with E-state index < -0.39 is 32.4 Å². The summed E-state index contributed by atoms with van der Waals surface area (Å²) in [5, 5.41) is 0. The van der Waals surface area contributed by atoms with Crippen molar-refractivity contribution >= 4 is 31.8 Å². The van der Waals surface area contributed by atoms with Gasteiger partial charge in [-0.15, -0.1) is 0 Å². The van der Waals surface area contributed by atoms with Crippen LogP contribution in [0, 0.1) is 11.6 Å². The van der Waals surface area contributed by atoms with Crippen molar-refractivity contribution in [2.24, 2.45) is 0 Å². The quantitative estimate of drug-likeness (QED) is 0.589. The molecule has 0 bridgehead atoms. The van der Waals surface area contributed by atoms with Gasteiger partial charge in [0.25, 0.3) is 0 Å². The highest BCUT2D eigenvalue weighted by Crippen LogP contribution is 2.28. The first kappa shape index (κ1) is 16.6. The highest BCUT2D eigenvalue weighted by Gasteiger charge is 2.27. The van der Waals surface area contributed by atoms with E-state index in [-0.39, 0.29) is 11.3 Å². The Balaban J connectivity index is 2.53.